The van der Waals surface area contributed by atoms with E-state index in [1.54, 1.807) is 11.1 Å². The predicted molar refractivity (Wildman–Crippen MR) is 102 cm³/mol. The first kappa shape index (κ1) is 17.7. The van der Waals surface area contributed by atoms with Crippen molar-refractivity contribution >= 4 is 33.4 Å². The molecule has 1 atom stereocenters. The summed E-state index contributed by atoms with van der Waals surface area (Å²) in [5.41, 5.74) is 1.80. The van der Waals surface area contributed by atoms with E-state index in [9.17, 15) is 9.18 Å². The summed E-state index contributed by atoms with van der Waals surface area (Å²) in [6, 6.07) is 3.35. The summed E-state index contributed by atoms with van der Waals surface area (Å²) in [7, 11) is 1.89. The molecule has 27 heavy (non-hydrogen) atoms. The van der Waals surface area contributed by atoms with Crippen LogP contribution in [0.1, 0.15) is 29.0 Å². The standard InChI is InChI=1S/C18H19FN6OS/c1-10(11-5-12(19)7-21-6-11)22-18-23-14-3-4-27-16(14)15(24-18)17(26)25-8-13(9-25)20-2/h3-7,10,13,20H,8-9H2,1-2H3,(H,22,23,24). The summed E-state index contributed by atoms with van der Waals surface area (Å²) in [6.45, 7) is 3.20. The number of likely N-dealkylation sites (tertiary alicyclic amines) is 1. The molecule has 7 nitrogen and oxygen atoms in total. The highest BCUT2D eigenvalue weighted by Gasteiger charge is 2.32. The molecule has 140 valence electrons. The van der Waals surface area contributed by atoms with Gasteiger partial charge in [0.2, 0.25) is 5.95 Å². The van der Waals surface area contributed by atoms with Gasteiger partial charge in [-0.05, 0) is 37.0 Å². The number of hydrogen-bond donors (Lipinski definition) is 2. The van der Waals surface area contributed by atoms with Gasteiger partial charge in [-0.15, -0.1) is 11.3 Å². The number of anilines is 1. The van der Waals surface area contributed by atoms with Crippen molar-refractivity contribution in [2.45, 2.75) is 19.0 Å². The first-order valence-electron chi connectivity index (χ1n) is 8.64. The fraction of sp³-hybridized carbons (Fsp3) is 0.333. The Morgan fingerprint density at radius 3 is 2.93 bits per heavy atom. The number of likely N-dealkylation sites (N-methyl/N-ethyl adjacent to an activating group) is 1. The maximum Gasteiger partial charge on any atom is 0.274 e. The van der Waals surface area contributed by atoms with Gasteiger partial charge < -0.3 is 15.5 Å². The van der Waals surface area contributed by atoms with Gasteiger partial charge >= 0.3 is 0 Å². The van der Waals surface area contributed by atoms with Gasteiger partial charge in [-0.1, -0.05) is 0 Å². The average Bonchev–Trinajstić information content (AvgIpc) is 3.08. The Labute approximate surface area is 159 Å². The van der Waals surface area contributed by atoms with Crippen molar-refractivity contribution in [1.82, 2.24) is 25.2 Å². The Balaban J connectivity index is 1.61. The van der Waals surface area contributed by atoms with Crippen LogP contribution in [0.3, 0.4) is 0 Å². The van der Waals surface area contributed by atoms with Crippen molar-refractivity contribution in [2.24, 2.45) is 0 Å². The minimum atomic E-state index is -0.400. The van der Waals surface area contributed by atoms with Crippen LogP contribution in [0.4, 0.5) is 10.3 Å². The number of carbonyl (C=O) groups excluding carboxylic acids is 1. The molecule has 1 aliphatic rings. The number of aromatic nitrogens is 3. The van der Waals surface area contributed by atoms with Crippen LogP contribution in [-0.2, 0) is 0 Å². The molecule has 1 saturated heterocycles. The zero-order valence-corrected chi connectivity index (χ0v) is 15.8. The van der Waals surface area contributed by atoms with Gasteiger partial charge in [0.25, 0.3) is 5.91 Å². The Kier molecular flexibility index (Phi) is 4.71. The number of carbonyl (C=O) groups is 1. The van der Waals surface area contributed by atoms with Crippen molar-refractivity contribution < 1.29 is 9.18 Å². The molecular formula is C18H19FN6OS. The van der Waals surface area contributed by atoms with E-state index in [2.05, 4.69) is 25.6 Å². The Morgan fingerprint density at radius 2 is 2.19 bits per heavy atom. The Bertz CT molecular complexity index is 987. The van der Waals surface area contributed by atoms with E-state index >= 15 is 0 Å². The maximum atomic E-state index is 13.4. The third kappa shape index (κ3) is 3.47. The summed E-state index contributed by atoms with van der Waals surface area (Å²) in [6.07, 6.45) is 2.75. The molecule has 3 aromatic rings. The van der Waals surface area contributed by atoms with Gasteiger partial charge in [-0.25, -0.2) is 14.4 Å². The Hall–Kier alpha value is -2.65. The van der Waals surface area contributed by atoms with Crippen LogP contribution in [0, 0.1) is 5.82 Å². The van der Waals surface area contributed by atoms with Crippen LogP contribution in [0.2, 0.25) is 0 Å². The highest BCUT2D eigenvalue weighted by Crippen LogP contribution is 2.27. The third-order valence-electron chi connectivity index (χ3n) is 4.65. The van der Waals surface area contributed by atoms with E-state index in [0.717, 1.165) is 16.4 Å². The van der Waals surface area contributed by atoms with E-state index in [-0.39, 0.29) is 11.9 Å². The van der Waals surface area contributed by atoms with Crippen LogP contribution in [-0.4, -0.2) is 51.9 Å². The number of nitrogens with one attached hydrogen (secondary N) is 2. The molecule has 0 spiro atoms. The summed E-state index contributed by atoms with van der Waals surface area (Å²) in [4.78, 5) is 27.5. The second-order valence-electron chi connectivity index (χ2n) is 6.53. The summed E-state index contributed by atoms with van der Waals surface area (Å²) in [5, 5.41) is 8.20. The molecule has 1 fully saturated rings. The number of pyridine rings is 1. The summed E-state index contributed by atoms with van der Waals surface area (Å²) < 4.78 is 14.2. The van der Waals surface area contributed by atoms with Crippen LogP contribution in [0.5, 0.6) is 0 Å². The fourth-order valence-corrected chi connectivity index (χ4v) is 3.80. The number of hydrogen-bond acceptors (Lipinski definition) is 7. The lowest BCUT2D eigenvalue weighted by Gasteiger charge is -2.38. The van der Waals surface area contributed by atoms with Crippen molar-refractivity contribution in [1.29, 1.82) is 0 Å². The van der Waals surface area contributed by atoms with E-state index in [1.807, 2.05) is 25.4 Å². The molecule has 4 heterocycles. The van der Waals surface area contributed by atoms with E-state index in [4.69, 9.17) is 0 Å². The van der Waals surface area contributed by atoms with Crippen LogP contribution >= 0.6 is 11.3 Å². The molecular weight excluding hydrogens is 367 g/mol. The SMILES string of the molecule is CNC1CN(C(=O)c2nc(NC(C)c3cncc(F)c3)nc3ccsc23)C1. The molecule has 9 heteroatoms. The summed E-state index contributed by atoms with van der Waals surface area (Å²) >= 11 is 1.45. The normalized spacial score (nSPS) is 15.6. The lowest BCUT2D eigenvalue weighted by Crippen LogP contribution is -2.59. The number of rotatable bonds is 5. The second-order valence-corrected chi connectivity index (χ2v) is 7.45. The minimum Gasteiger partial charge on any atom is -0.348 e. The minimum absolute atomic E-state index is 0.0977. The van der Waals surface area contributed by atoms with Gasteiger partial charge in [0, 0.05) is 25.3 Å². The summed E-state index contributed by atoms with van der Waals surface area (Å²) in [5.74, 6) is -0.158. The highest BCUT2D eigenvalue weighted by molar-refractivity contribution is 7.17. The molecule has 1 unspecified atom stereocenters. The molecule has 0 aliphatic carbocycles. The molecule has 2 N–H and O–H groups in total. The average molecular weight is 386 g/mol. The van der Waals surface area contributed by atoms with Gasteiger partial charge in [0.1, 0.15) is 5.82 Å². The smallest absolute Gasteiger partial charge is 0.274 e. The van der Waals surface area contributed by atoms with Crippen LogP contribution in [0.15, 0.2) is 29.9 Å². The number of halogens is 1. The molecule has 0 aromatic carbocycles. The van der Waals surface area contributed by atoms with Gasteiger partial charge in [-0.2, -0.15) is 0 Å². The fourth-order valence-electron chi connectivity index (χ4n) is 2.99. The molecule has 3 aromatic heterocycles. The van der Waals surface area contributed by atoms with Crippen molar-refractivity contribution in [3.8, 4) is 0 Å². The first-order valence-corrected chi connectivity index (χ1v) is 9.52. The van der Waals surface area contributed by atoms with Gasteiger partial charge in [0.05, 0.1) is 22.5 Å². The quantitative estimate of drug-likeness (QED) is 0.701. The number of thiophene rings is 1. The molecule has 4 rings (SSSR count). The Morgan fingerprint density at radius 1 is 1.37 bits per heavy atom. The molecule has 0 saturated carbocycles. The number of amides is 1. The topological polar surface area (TPSA) is 83.0 Å². The van der Waals surface area contributed by atoms with Crippen molar-refractivity contribution in [2.75, 3.05) is 25.5 Å². The molecule has 1 aliphatic heterocycles. The van der Waals surface area contributed by atoms with E-state index in [1.165, 1.54) is 17.4 Å². The lowest BCUT2D eigenvalue weighted by molar-refractivity contribution is 0.0573. The first-order chi connectivity index (χ1) is 13.0. The molecule has 0 bridgehead atoms. The molecule has 1 amide bonds. The van der Waals surface area contributed by atoms with Gasteiger partial charge in [0.15, 0.2) is 5.69 Å². The zero-order valence-electron chi connectivity index (χ0n) is 14.9. The second kappa shape index (κ2) is 7.16. The zero-order chi connectivity index (χ0) is 19.0. The van der Waals surface area contributed by atoms with Crippen molar-refractivity contribution in [3.63, 3.8) is 0 Å². The van der Waals surface area contributed by atoms with Crippen molar-refractivity contribution in [3.05, 3.63) is 47.0 Å². The number of fused-ring (bicyclic) bond motifs is 1. The van der Waals surface area contributed by atoms with Crippen LogP contribution in [0.25, 0.3) is 10.2 Å². The predicted octanol–water partition coefficient (Wildman–Crippen LogP) is 2.44. The van der Waals surface area contributed by atoms with Gasteiger partial charge in [-0.3, -0.25) is 9.78 Å². The monoisotopic (exact) mass is 386 g/mol. The lowest BCUT2D eigenvalue weighted by atomic mass is 10.1. The molecule has 0 radical (unpaired) electrons. The highest BCUT2D eigenvalue weighted by atomic mass is 32.1. The van der Waals surface area contributed by atoms with E-state index in [0.29, 0.717) is 36.3 Å². The number of nitrogens with zero attached hydrogens (tertiary/aromatic N) is 4. The third-order valence-corrected chi connectivity index (χ3v) is 5.57. The van der Waals surface area contributed by atoms with E-state index < -0.39 is 5.82 Å². The maximum absolute atomic E-state index is 13.4. The largest absolute Gasteiger partial charge is 0.348 e. The van der Waals surface area contributed by atoms with Crippen LogP contribution < -0.4 is 10.6 Å².